The van der Waals surface area contributed by atoms with Crippen LogP contribution in [-0.4, -0.2) is 42.0 Å². The van der Waals surface area contributed by atoms with Crippen molar-refractivity contribution in [2.24, 2.45) is 0 Å². The highest BCUT2D eigenvalue weighted by Gasteiger charge is 2.15. The lowest BCUT2D eigenvalue weighted by molar-refractivity contribution is -0.126. The van der Waals surface area contributed by atoms with E-state index in [4.69, 9.17) is 9.47 Å². The number of carbonyl (C=O) groups is 1. The van der Waals surface area contributed by atoms with Crippen molar-refractivity contribution in [2.75, 3.05) is 27.0 Å². The maximum atomic E-state index is 12.6. The summed E-state index contributed by atoms with van der Waals surface area (Å²) >= 11 is 0. The zero-order chi connectivity index (χ0) is 21.4. The first-order valence-electron chi connectivity index (χ1n) is 9.56. The normalized spacial score (nSPS) is 13.1. The zero-order valence-corrected chi connectivity index (χ0v) is 18.5. The van der Waals surface area contributed by atoms with E-state index in [0.717, 1.165) is 22.4 Å². The van der Waals surface area contributed by atoms with Gasteiger partial charge >= 0.3 is 0 Å². The SMILES string of the molecule is CCCOc1ccc(/C=C/C(=O)N(C)C(C)c2ccc(S(C)=O)cc2)cc1OC. The number of ether oxygens (including phenoxy) is 2. The molecule has 0 aliphatic heterocycles. The van der Waals surface area contributed by atoms with Gasteiger partial charge in [0.05, 0.1) is 19.8 Å². The van der Waals surface area contributed by atoms with E-state index < -0.39 is 10.8 Å². The number of likely N-dealkylation sites (N-methyl/N-ethyl adjacent to an activating group) is 1. The topological polar surface area (TPSA) is 55.8 Å². The van der Waals surface area contributed by atoms with E-state index in [9.17, 15) is 9.00 Å². The number of carbonyl (C=O) groups excluding carboxylic acids is 1. The number of hydrogen-bond donors (Lipinski definition) is 0. The molecule has 2 unspecified atom stereocenters. The van der Waals surface area contributed by atoms with Crippen molar-refractivity contribution < 1.29 is 18.5 Å². The maximum Gasteiger partial charge on any atom is 0.246 e. The van der Waals surface area contributed by atoms with Crippen molar-refractivity contribution in [2.45, 2.75) is 31.2 Å². The fourth-order valence-electron chi connectivity index (χ4n) is 2.76. The summed E-state index contributed by atoms with van der Waals surface area (Å²) < 4.78 is 22.6. The molecule has 6 heteroatoms. The summed E-state index contributed by atoms with van der Waals surface area (Å²) in [5.41, 5.74) is 1.84. The van der Waals surface area contributed by atoms with E-state index in [1.165, 1.54) is 0 Å². The van der Waals surface area contributed by atoms with Crippen molar-refractivity contribution in [1.29, 1.82) is 0 Å². The third-order valence-corrected chi connectivity index (χ3v) is 5.63. The molecule has 0 saturated heterocycles. The first kappa shape index (κ1) is 22.7. The van der Waals surface area contributed by atoms with Crippen molar-refractivity contribution >= 4 is 22.8 Å². The minimum Gasteiger partial charge on any atom is -0.493 e. The van der Waals surface area contributed by atoms with Crippen LogP contribution in [-0.2, 0) is 15.6 Å². The Morgan fingerprint density at radius 1 is 1.17 bits per heavy atom. The monoisotopic (exact) mass is 415 g/mol. The largest absolute Gasteiger partial charge is 0.493 e. The second kappa shape index (κ2) is 10.8. The molecule has 2 aromatic carbocycles. The van der Waals surface area contributed by atoms with E-state index >= 15 is 0 Å². The second-order valence-electron chi connectivity index (χ2n) is 6.74. The molecule has 0 aromatic heterocycles. The Bertz CT molecular complexity index is 877. The molecule has 0 saturated carbocycles. The van der Waals surface area contributed by atoms with Gasteiger partial charge in [-0.3, -0.25) is 9.00 Å². The number of methoxy groups -OCH3 is 1. The molecule has 2 atom stereocenters. The number of nitrogens with zero attached hydrogens (tertiary/aromatic N) is 1. The average Bonchev–Trinajstić information content (AvgIpc) is 2.75. The van der Waals surface area contributed by atoms with Crippen LogP contribution in [0.1, 0.15) is 37.4 Å². The first-order valence-corrected chi connectivity index (χ1v) is 11.1. The Morgan fingerprint density at radius 3 is 2.45 bits per heavy atom. The third kappa shape index (κ3) is 6.19. The molecule has 29 heavy (non-hydrogen) atoms. The summed E-state index contributed by atoms with van der Waals surface area (Å²) in [5.74, 6) is 1.23. The van der Waals surface area contributed by atoms with E-state index in [1.54, 1.807) is 37.5 Å². The Kier molecular flexibility index (Phi) is 8.46. The van der Waals surface area contributed by atoms with Gasteiger partial charge < -0.3 is 14.4 Å². The van der Waals surface area contributed by atoms with Gasteiger partial charge in [0.2, 0.25) is 5.91 Å². The molecule has 0 aliphatic rings. The highest BCUT2D eigenvalue weighted by atomic mass is 32.2. The van der Waals surface area contributed by atoms with E-state index in [-0.39, 0.29) is 11.9 Å². The Morgan fingerprint density at radius 2 is 1.86 bits per heavy atom. The van der Waals surface area contributed by atoms with Gasteiger partial charge in [-0.05, 0) is 54.8 Å². The van der Waals surface area contributed by atoms with E-state index in [1.807, 2.05) is 56.3 Å². The summed E-state index contributed by atoms with van der Waals surface area (Å²) in [4.78, 5) is 15.0. The second-order valence-corrected chi connectivity index (χ2v) is 8.12. The maximum absolute atomic E-state index is 12.6. The average molecular weight is 416 g/mol. The van der Waals surface area contributed by atoms with Gasteiger partial charge in [0.1, 0.15) is 0 Å². The quantitative estimate of drug-likeness (QED) is 0.568. The predicted molar refractivity (Wildman–Crippen MR) is 118 cm³/mol. The van der Waals surface area contributed by atoms with Gasteiger partial charge in [0.25, 0.3) is 0 Å². The fraction of sp³-hybridized carbons (Fsp3) is 0.348. The fourth-order valence-corrected chi connectivity index (χ4v) is 3.28. The van der Waals surface area contributed by atoms with Crippen molar-refractivity contribution in [3.8, 4) is 11.5 Å². The lowest BCUT2D eigenvalue weighted by Gasteiger charge is -2.24. The Labute approximate surface area is 175 Å². The number of rotatable bonds is 9. The molecular formula is C23H29NO4S. The number of benzene rings is 2. The number of amides is 1. The molecule has 0 radical (unpaired) electrons. The molecule has 0 fully saturated rings. The Balaban J connectivity index is 2.07. The van der Waals surface area contributed by atoms with Crippen LogP contribution in [0.15, 0.2) is 53.4 Å². The smallest absolute Gasteiger partial charge is 0.246 e. The minimum absolute atomic E-state index is 0.106. The summed E-state index contributed by atoms with van der Waals surface area (Å²) in [6.45, 7) is 4.64. The molecular weight excluding hydrogens is 386 g/mol. The van der Waals surface area contributed by atoms with Crippen LogP contribution < -0.4 is 9.47 Å². The van der Waals surface area contributed by atoms with Crippen LogP contribution >= 0.6 is 0 Å². The highest BCUT2D eigenvalue weighted by molar-refractivity contribution is 7.84. The lowest BCUT2D eigenvalue weighted by Crippen LogP contribution is -2.27. The molecule has 0 spiro atoms. The van der Waals surface area contributed by atoms with Gasteiger partial charge in [0, 0.05) is 35.1 Å². The number of hydrogen-bond acceptors (Lipinski definition) is 4. The van der Waals surface area contributed by atoms with Gasteiger partial charge in [-0.25, -0.2) is 0 Å². The van der Waals surface area contributed by atoms with E-state index in [0.29, 0.717) is 18.1 Å². The highest BCUT2D eigenvalue weighted by Crippen LogP contribution is 2.29. The van der Waals surface area contributed by atoms with Gasteiger partial charge in [-0.1, -0.05) is 25.1 Å². The molecule has 156 valence electrons. The Hall–Kier alpha value is -2.60. The third-order valence-electron chi connectivity index (χ3n) is 4.69. The molecule has 1 amide bonds. The van der Waals surface area contributed by atoms with Crippen molar-refractivity contribution in [3.05, 3.63) is 59.7 Å². The molecule has 5 nitrogen and oxygen atoms in total. The van der Waals surface area contributed by atoms with Crippen LogP contribution in [0.4, 0.5) is 0 Å². The molecule has 0 N–H and O–H groups in total. The van der Waals surface area contributed by atoms with Crippen molar-refractivity contribution in [3.63, 3.8) is 0 Å². The van der Waals surface area contributed by atoms with Crippen LogP contribution in [0, 0.1) is 0 Å². The molecule has 2 rings (SSSR count). The van der Waals surface area contributed by atoms with Crippen LogP contribution in [0.25, 0.3) is 6.08 Å². The van der Waals surface area contributed by atoms with Crippen molar-refractivity contribution in [1.82, 2.24) is 4.90 Å². The summed E-state index contributed by atoms with van der Waals surface area (Å²) in [6.07, 6.45) is 5.88. The molecule has 0 heterocycles. The molecule has 2 aromatic rings. The standard InChI is InChI=1S/C23H29NO4S/c1-6-15-28-21-13-7-18(16-22(21)27-4)8-14-23(25)24(3)17(2)19-9-11-20(12-10-19)29(5)26/h7-14,16-17H,6,15H2,1-5H3/b14-8+. The summed E-state index contributed by atoms with van der Waals surface area (Å²) in [5, 5.41) is 0. The van der Waals surface area contributed by atoms with Crippen LogP contribution in [0.5, 0.6) is 11.5 Å². The molecule has 0 bridgehead atoms. The minimum atomic E-state index is -1.01. The van der Waals surface area contributed by atoms with Crippen LogP contribution in [0.2, 0.25) is 0 Å². The summed E-state index contributed by atoms with van der Waals surface area (Å²) in [7, 11) is 2.36. The zero-order valence-electron chi connectivity index (χ0n) is 17.7. The predicted octanol–water partition coefficient (Wildman–Crippen LogP) is 4.45. The summed E-state index contributed by atoms with van der Waals surface area (Å²) in [6, 6.07) is 13.0. The first-order chi connectivity index (χ1) is 13.9. The van der Waals surface area contributed by atoms with Crippen LogP contribution in [0.3, 0.4) is 0 Å². The van der Waals surface area contributed by atoms with Gasteiger partial charge in [0.15, 0.2) is 11.5 Å². The molecule has 0 aliphatic carbocycles. The lowest BCUT2D eigenvalue weighted by atomic mass is 10.1. The van der Waals surface area contributed by atoms with Gasteiger partial charge in [-0.15, -0.1) is 0 Å². The van der Waals surface area contributed by atoms with Gasteiger partial charge in [-0.2, -0.15) is 0 Å². The van der Waals surface area contributed by atoms with E-state index in [2.05, 4.69) is 0 Å².